The molecule has 1 amide bonds. The monoisotopic (exact) mass is 435 g/mol. The second kappa shape index (κ2) is 7.38. The molecule has 1 aromatic rings. The second-order valence-electron chi connectivity index (χ2n) is 4.87. The van der Waals surface area contributed by atoms with Crippen molar-refractivity contribution in [3.63, 3.8) is 0 Å². The van der Waals surface area contributed by atoms with Crippen LogP contribution in [0.1, 0.15) is 25.1 Å². The van der Waals surface area contributed by atoms with Crippen molar-refractivity contribution in [2.24, 2.45) is 0 Å². The predicted octanol–water partition coefficient (Wildman–Crippen LogP) is 1.09. The average Bonchev–Trinajstić information content (AvgIpc) is 2.83. The number of carbonyl (C=O) groups excluding carboxylic acids is 1. The normalized spacial score (nSPS) is 24.8. The maximum absolute atomic E-state index is 12.0. The van der Waals surface area contributed by atoms with Gasteiger partial charge in [0.25, 0.3) is 5.56 Å². The van der Waals surface area contributed by atoms with Gasteiger partial charge in [-0.3, -0.25) is 19.1 Å². The summed E-state index contributed by atoms with van der Waals surface area (Å²) in [5, 5.41) is 3.34. The predicted molar refractivity (Wildman–Crippen MR) is 89.2 cm³/mol. The summed E-state index contributed by atoms with van der Waals surface area (Å²) in [5.41, 5.74) is -0.678. The Labute approximate surface area is 143 Å². The number of rotatable bonds is 4. The number of nitrogens with zero attached hydrogens (tertiary/aromatic N) is 1. The summed E-state index contributed by atoms with van der Waals surface area (Å²) in [7, 11) is 0. The molecule has 9 heteroatoms. The second-order valence-corrected chi connectivity index (χ2v) is 6.05. The highest BCUT2D eigenvalue weighted by molar-refractivity contribution is 9.11. The summed E-state index contributed by atoms with van der Waals surface area (Å²) >= 11 is 6.44. The minimum Gasteiger partial charge on any atom is -0.352 e. The Morgan fingerprint density at radius 1 is 1.59 bits per heavy atom. The van der Waals surface area contributed by atoms with Crippen LogP contribution in [0.25, 0.3) is 6.08 Å². The van der Waals surface area contributed by atoms with Crippen LogP contribution in [-0.4, -0.2) is 32.9 Å². The number of aromatic nitrogens is 2. The minimum absolute atomic E-state index is 0.156. The molecule has 0 spiro atoms. The Balaban J connectivity index is 2.32. The molecule has 2 heterocycles. The number of ether oxygens (including phenoxy) is 1. The van der Waals surface area contributed by atoms with Crippen LogP contribution < -0.4 is 16.6 Å². The highest BCUT2D eigenvalue weighted by atomic mass is 79.9. The van der Waals surface area contributed by atoms with Gasteiger partial charge in [-0.25, -0.2) is 4.79 Å². The molecule has 0 aromatic carbocycles. The number of nitrogens with one attached hydrogen (secondary N) is 2. The zero-order chi connectivity index (χ0) is 16.3. The number of amides is 1. The Bertz CT molecular complexity index is 697. The van der Waals surface area contributed by atoms with Crippen LogP contribution in [0.2, 0.25) is 0 Å². The molecule has 1 aliphatic heterocycles. The van der Waals surface area contributed by atoms with Crippen molar-refractivity contribution < 1.29 is 9.53 Å². The van der Waals surface area contributed by atoms with Gasteiger partial charge in [-0.1, -0.05) is 31.9 Å². The fourth-order valence-corrected chi connectivity index (χ4v) is 3.25. The van der Waals surface area contributed by atoms with E-state index in [4.69, 9.17) is 4.74 Å². The molecule has 0 saturated carbocycles. The molecular weight excluding hydrogens is 422 g/mol. The summed E-state index contributed by atoms with van der Waals surface area (Å²) < 4.78 is 7.14. The van der Waals surface area contributed by atoms with Gasteiger partial charge in [-0.05, 0) is 11.1 Å². The molecule has 2 N–H and O–H groups in total. The Morgan fingerprint density at radius 2 is 2.32 bits per heavy atom. The van der Waals surface area contributed by atoms with Crippen molar-refractivity contribution in [2.75, 3.05) is 5.33 Å². The molecule has 0 aliphatic carbocycles. The molecule has 0 bridgehead atoms. The highest BCUT2D eigenvalue weighted by Crippen LogP contribution is 2.28. The van der Waals surface area contributed by atoms with Gasteiger partial charge in [-0.2, -0.15) is 0 Å². The van der Waals surface area contributed by atoms with Crippen LogP contribution in [0, 0.1) is 0 Å². The molecule has 1 aliphatic rings. The lowest BCUT2D eigenvalue weighted by Crippen LogP contribution is -2.39. The van der Waals surface area contributed by atoms with Gasteiger partial charge in [0.1, 0.15) is 6.23 Å². The maximum Gasteiger partial charge on any atom is 0.330 e. The van der Waals surface area contributed by atoms with E-state index in [0.717, 1.165) is 0 Å². The molecule has 0 radical (unpaired) electrons. The van der Waals surface area contributed by atoms with Gasteiger partial charge in [0.2, 0.25) is 5.91 Å². The molecule has 2 rings (SSSR count). The fraction of sp³-hybridized carbons (Fsp3) is 0.462. The van der Waals surface area contributed by atoms with Crippen molar-refractivity contribution >= 4 is 43.8 Å². The summed E-state index contributed by atoms with van der Waals surface area (Å²) in [6.45, 7) is 1.43. The number of alkyl halides is 1. The lowest BCUT2D eigenvalue weighted by Gasteiger charge is -2.16. The zero-order valence-electron chi connectivity index (χ0n) is 11.7. The van der Waals surface area contributed by atoms with Crippen molar-refractivity contribution in [3.8, 4) is 0 Å². The van der Waals surface area contributed by atoms with Gasteiger partial charge in [0, 0.05) is 24.9 Å². The van der Waals surface area contributed by atoms with E-state index < -0.39 is 17.5 Å². The molecule has 120 valence electrons. The molecule has 22 heavy (non-hydrogen) atoms. The van der Waals surface area contributed by atoms with Crippen molar-refractivity contribution in [1.82, 2.24) is 14.9 Å². The first-order valence-electron chi connectivity index (χ1n) is 6.57. The third-order valence-corrected chi connectivity index (χ3v) is 4.23. The van der Waals surface area contributed by atoms with E-state index in [0.29, 0.717) is 17.3 Å². The quantitative estimate of drug-likeness (QED) is 0.691. The fourth-order valence-electron chi connectivity index (χ4n) is 2.36. The highest BCUT2D eigenvalue weighted by Gasteiger charge is 2.36. The number of hydrogen-bond acceptors (Lipinski definition) is 4. The number of hydrogen-bond donors (Lipinski definition) is 2. The van der Waals surface area contributed by atoms with Crippen LogP contribution in [0.15, 0.2) is 20.8 Å². The number of halogens is 2. The van der Waals surface area contributed by atoms with E-state index in [1.807, 2.05) is 0 Å². The van der Waals surface area contributed by atoms with Gasteiger partial charge in [-0.15, -0.1) is 0 Å². The summed E-state index contributed by atoms with van der Waals surface area (Å²) in [5.74, 6) is -0.156. The lowest BCUT2D eigenvalue weighted by molar-refractivity contribution is -0.120. The molecular formula is C13H15Br2N3O4. The minimum atomic E-state index is -0.550. The summed E-state index contributed by atoms with van der Waals surface area (Å²) in [6, 6.07) is -0.198. The topological polar surface area (TPSA) is 93.2 Å². The van der Waals surface area contributed by atoms with E-state index >= 15 is 0 Å². The van der Waals surface area contributed by atoms with Crippen molar-refractivity contribution in [1.29, 1.82) is 0 Å². The molecule has 0 unspecified atom stereocenters. The summed E-state index contributed by atoms with van der Waals surface area (Å²) in [4.78, 5) is 38.7. The van der Waals surface area contributed by atoms with Crippen LogP contribution >= 0.6 is 31.9 Å². The van der Waals surface area contributed by atoms with E-state index in [-0.39, 0.29) is 18.1 Å². The molecule has 7 nitrogen and oxygen atoms in total. The van der Waals surface area contributed by atoms with Crippen LogP contribution in [0.4, 0.5) is 0 Å². The SMILES string of the molecule is CC(=O)N[C@H]1C[C@H](n2cc(C=CBr)c(=O)[nH]c2=O)O[C@@H]1CBr. The van der Waals surface area contributed by atoms with Crippen molar-refractivity contribution in [3.05, 3.63) is 37.6 Å². The maximum atomic E-state index is 12.0. The first-order valence-corrected chi connectivity index (χ1v) is 8.60. The smallest absolute Gasteiger partial charge is 0.330 e. The van der Waals surface area contributed by atoms with Crippen LogP contribution in [0.3, 0.4) is 0 Å². The van der Waals surface area contributed by atoms with Gasteiger partial charge >= 0.3 is 5.69 Å². The number of aromatic amines is 1. The van der Waals surface area contributed by atoms with Crippen molar-refractivity contribution in [2.45, 2.75) is 31.7 Å². The van der Waals surface area contributed by atoms with E-state index in [1.165, 1.54) is 28.7 Å². The van der Waals surface area contributed by atoms with Gasteiger partial charge < -0.3 is 10.1 Å². The van der Waals surface area contributed by atoms with Crippen LogP contribution in [-0.2, 0) is 9.53 Å². The first-order chi connectivity index (χ1) is 10.5. The molecule has 3 atom stereocenters. The Hall–Kier alpha value is -1.19. The number of H-pyrrole nitrogens is 1. The Kier molecular flexibility index (Phi) is 5.76. The first kappa shape index (κ1) is 17.2. The largest absolute Gasteiger partial charge is 0.352 e. The van der Waals surface area contributed by atoms with E-state index in [9.17, 15) is 14.4 Å². The number of carbonyl (C=O) groups is 1. The van der Waals surface area contributed by atoms with E-state index in [2.05, 4.69) is 42.2 Å². The molecule has 1 aromatic heterocycles. The third kappa shape index (κ3) is 3.76. The van der Waals surface area contributed by atoms with E-state index in [1.54, 1.807) is 0 Å². The van der Waals surface area contributed by atoms with Crippen LogP contribution in [0.5, 0.6) is 0 Å². The summed E-state index contributed by atoms with van der Waals surface area (Å²) in [6.07, 6.45) is 2.63. The standard InChI is InChI=1S/C13H15Br2N3O4/c1-7(19)16-9-4-11(22-10(9)5-15)18-6-8(2-3-14)12(20)17-13(18)21/h2-3,6,9-11H,4-5H2,1H3,(H,16,19)(H,17,20,21)/t9-,10+,11+/m0/s1. The third-order valence-electron chi connectivity index (χ3n) is 3.33. The molecule has 1 fully saturated rings. The lowest BCUT2D eigenvalue weighted by atomic mass is 10.1. The van der Waals surface area contributed by atoms with Gasteiger partial charge in [0.05, 0.1) is 17.7 Å². The Morgan fingerprint density at radius 3 is 2.91 bits per heavy atom. The molecule has 1 saturated heterocycles. The average molecular weight is 437 g/mol. The zero-order valence-corrected chi connectivity index (χ0v) is 14.9. The van der Waals surface area contributed by atoms with Gasteiger partial charge in [0.15, 0.2) is 0 Å².